The highest BCUT2D eigenvalue weighted by atomic mass is 16.1. The van der Waals surface area contributed by atoms with Crippen LogP contribution in [0.25, 0.3) is 0 Å². The van der Waals surface area contributed by atoms with E-state index in [9.17, 15) is 4.79 Å². The minimum absolute atomic E-state index is 0.194. The Morgan fingerprint density at radius 1 is 1.70 bits per heavy atom. The molecule has 2 nitrogen and oxygen atoms in total. The molecule has 0 amide bonds. The van der Waals surface area contributed by atoms with Crippen molar-refractivity contribution in [1.82, 2.24) is 5.32 Å². The summed E-state index contributed by atoms with van der Waals surface area (Å²) in [5.74, 6) is 0.403. The number of rotatable bonds is 3. The van der Waals surface area contributed by atoms with Crippen molar-refractivity contribution < 1.29 is 4.79 Å². The number of nitrogens with one attached hydrogen (secondary N) is 1. The molecular formula is C8H15NO. The Bertz CT molecular complexity index is 116. The quantitative estimate of drug-likeness (QED) is 0.638. The maximum Gasteiger partial charge on any atom is 0.149 e. The molecule has 0 radical (unpaired) electrons. The summed E-state index contributed by atoms with van der Waals surface area (Å²) in [5.41, 5.74) is 0. The van der Waals surface area contributed by atoms with Crippen LogP contribution in [0.2, 0.25) is 0 Å². The van der Waals surface area contributed by atoms with Gasteiger partial charge in [0, 0.05) is 6.42 Å². The van der Waals surface area contributed by atoms with Gasteiger partial charge in [0.15, 0.2) is 0 Å². The first-order valence-corrected chi connectivity index (χ1v) is 4.10. The first-order chi connectivity index (χ1) is 4.84. The molecule has 1 N–H and O–H groups in total. The molecule has 58 valence electrons. The van der Waals surface area contributed by atoms with E-state index in [1.54, 1.807) is 0 Å². The number of hydrogen-bond acceptors (Lipinski definition) is 2. The number of hydrogen-bond donors (Lipinski definition) is 1. The van der Waals surface area contributed by atoms with Crippen molar-refractivity contribution in [2.45, 2.75) is 38.6 Å². The minimum Gasteiger partial charge on any atom is -0.307 e. The third-order valence-electron chi connectivity index (χ3n) is 1.95. The van der Waals surface area contributed by atoms with Gasteiger partial charge in [-0.25, -0.2) is 0 Å². The van der Waals surface area contributed by atoms with E-state index >= 15 is 0 Å². The number of ketones is 1. The Morgan fingerprint density at radius 2 is 2.50 bits per heavy atom. The lowest BCUT2D eigenvalue weighted by Crippen LogP contribution is -2.30. The fourth-order valence-corrected chi connectivity index (χ4v) is 1.38. The number of carbonyl (C=O) groups is 1. The topological polar surface area (TPSA) is 29.1 Å². The highest BCUT2D eigenvalue weighted by molar-refractivity contribution is 5.84. The van der Waals surface area contributed by atoms with E-state index in [1.807, 2.05) is 6.92 Å². The van der Waals surface area contributed by atoms with Crippen molar-refractivity contribution >= 4 is 5.78 Å². The molecule has 2 heteroatoms. The standard InChI is InChI=1S/C8H15NO/c1-2-4-8(10)7-5-3-6-9-7/h7,9H,2-6H2,1H3. The first kappa shape index (κ1) is 7.73. The van der Waals surface area contributed by atoms with E-state index in [0.29, 0.717) is 5.78 Å². The van der Waals surface area contributed by atoms with Gasteiger partial charge in [0.25, 0.3) is 0 Å². The molecule has 0 aromatic rings. The van der Waals surface area contributed by atoms with Gasteiger partial charge in [0.2, 0.25) is 0 Å². The van der Waals surface area contributed by atoms with Crippen molar-refractivity contribution in [3.8, 4) is 0 Å². The molecule has 0 spiro atoms. The maximum atomic E-state index is 11.2. The molecule has 1 atom stereocenters. The highest BCUT2D eigenvalue weighted by Crippen LogP contribution is 2.08. The Morgan fingerprint density at radius 3 is 3.00 bits per heavy atom. The zero-order valence-electron chi connectivity index (χ0n) is 6.52. The van der Waals surface area contributed by atoms with Crippen LogP contribution in [0, 0.1) is 0 Å². The molecule has 1 saturated heterocycles. The molecule has 1 rings (SSSR count). The molecule has 0 aromatic carbocycles. The summed E-state index contributed by atoms with van der Waals surface area (Å²) in [7, 11) is 0. The third kappa shape index (κ3) is 1.81. The average molecular weight is 141 g/mol. The van der Waals surface area contributed by atoms with Gasteiger partial charge in [0.1, 0.15) is 5.78 Å². The van der Waals surface area contributed by atoms with Crippen molar-refractivity contribution in [3.05, 3.63) is 0 Å². The van der Waals surface area contributed by atoms with E-state index < -0.39 is 0 Å². The zero-order valence-corrected chi connectivity index (χ0v) is 6.52. The summed E-state index contributed by atoms with van der Waals surface area (Å²) < 4.78 is 0. The third-order valence-corrected chi connectivity index (χ3v) is 1.95. The van der Waals surface area contributed by atoms with Gasteiger partial charge in [-0.15, -0.1) is 0 Å². The smallest absolute Gasteiger partial charge is 0.149 e. The van der Waals surface area contributed by atoms with Gasteiger partial charge in [-0.1, -0.05) is 6.92 Å². The lowest BCUT2D eigenvalue weighted by atomic mass is 10.1. The second kappa shape index (κ2) is 3.71. The summed E-state index contributed by atoms with van der Waals surface area (Å²) in [6.45, 7) is 3.08. The summed E-state index contributed by atoms with van der Waals surface area (Å²) >= 11 is 0. The van der Waals surface area contributed by atoms with E-state index in [0.717, 1.165) is 25.8 Å². The zero-order chi connectivity index (χ0) is 7.40. The van der Waals surface area contributed by atoms with Crippen LogP contribution in [0.3, 0.4) is 0 Å². The van der Waals surface area contributed by atoms with Gasteiger partial charge >= 0.3 is 0 Å². The van der Waals surface area contributed by atoms with Crippen LogP contribution in [0.15, 0.2) is 0 Å². The van der Waals surface area contributed by atoms with Crippen LogP contribution in [0.1, 0.15) is 32.6 Å². The predicted octanol–water partition coefficient (Wildman–Crippen LogP) is 1.11. The highest BCUT2D eigenvalue weighted by Gasteiger charge is 2.20. The van der Waals surface area contributed by atoms with Crippen molar-refractivity contribution in [1.29, 1.82) is 0 Å². The summed E-state index contributed by atoms with van der Waals surface area (Å²) in [5, 5.41) is 3.19. The van der Waals surface area contributed by atoms with Gasteiger partial charge < -0.3 is 5.32 Å². The van der Waals surface area contributed by atoms with Crippen molar-refractivity contribution in [3.63, 3.8) is 0 Å². The lowest BCUT2D eigenvalue weighted by Gasteiger charge is -2.06. The second-order valence-corrected chi connectivity index (χ2v) is 2.87. The Balaban J connectivity index is 2.25. The molecule has 0 bridgehead atoms. The second-order valence-electron chi connectivity index (χ2n) is 2.87. The fraction of sp³-hybridized carbons (Fsp3) is 0.875. The van der Waals surface area contributed by atoms with Gasteiger partial charge in [-0.05, 0) is 25.8 Å². The molecule has 1 heterocycles. The molecule has 0 saturated carbocycles. The average Bonchev–Trinajstić information content (AvgIpc) is 2.38. The molecule has 10 heavy (non-hydrogen) atoms. The van der Waals surface area contributed by atoms with E-state index in [2.05, 4.69) is 5.32 Å². The molecular weight excluding hydrogens is 126 g/mol. The molecule has 1 fully saturated rings. The number of Topliss-reactive ketones (excluding diaryl/α,β-unsaturated/α-hetero) is 1. The van der Waals surface area contributed by atoms with Crippen LogP contribution in [0.5, 0.6) is 0 Å². The van der Waals surface area contributed by atoms with E-state index in [-0.39, 0.29) is 6.04 Å². The monoisotopic (exact) mass is 141 g/mol. The Hall–Kier alpha value is -0.370. The maximum absolute atomic E-state index is 11.2. The molecule has 0 aliphatic carbocycles. The van der Waals surface area contributed by atoms with Crippen LogP contribution >= 0.6 is 0 Å². The van der Waals surface area contributed by atoms with Gasteiger partial charge in [-0.3, -0.25) is 4.79 Å². The number of carbonyl (C=O) groups excluding carboxylic acids is 1. The summed E-state index contributed by atoms with van der Waals surface area (Å²) in [6.07, 6.45) is 3.95. The molecule has 0 aromatic heterocycles. The lowest BCUT2D eigenvalue weighted by molar-refractivity contribution is -0.120. The van der Waals surface area contributed by atoms with E-state index in [4.69, 9.17) is 0 Å². The largest absolute Gasteiger partial charge is 0.307 e. The Labute approximate surface area is 62.0 Å². The normalized spacial score (nSPS) is 25.1. The first-order valence-electron chi connectivity index (χ1n) is 4.10. The van der Waals surface area contributed by atoms with E-state index in [1.165, 1.54) is 6.42 Å². The van der Waals surface area contributed by atoms with Crippen LogP contribution in [-0.4, -0.2) is 18.4 Å². The summed E-state index contributed by atoms with van der Waals surface area (Å²) in [6, 6.07) is 0.194. The predicted molar refractivity (Wildman–Crippen MR) is 40.9 cm³/mol. The minimum atomic E-state index is 0.194. The van der Waals surface area contributed by atoms with Gasteiger partial charge in [0.05, 0.1) is 6.04 Å². The molecule has 1 aliphatic rings. The van der Waals surface area contributed by atoms with Crippen molar-refractivity contribution in [2.75, 3.05) is 6.54 Å². The fourth-order valence-electron chi connectivity index (χ4n) is 1.38. The van der Waals surface area contributed by atoms with Gasteiger partial charge in [-0.2, -0.15) is 0 Å². The van der Waals surface area contributed by atoms with Crippen LogP contribution in [-0.2, 0) is 4.79 Å². The van der Waals surface area contributed by atoms with Crippen LogP contribution < -0.4 is 5.32 Å². The van der Waals surface area contributed by atoms with Crippen molar-refractivity contribution in [2.24, 2.45) is 0 Å². The Kier molecular flexibility index (Phi) is 2.87. The van der Waals surface area contributed by atoms with Crippen LogP contribution in [0.4, 0.5) is 0 Å². The summed E-state index contributed by atoms with van der Waals surface area (Å²) in [4.78, 5) is 11.2. The SMILES string of the molecule is CCCC(=O)C1CCCN1. The molecule has 1 aliphatic heterocycles. The molecule has 1 unspecified atom stereocenters.